The third kappa shape index (κ3) is 5.96. The molecule has 234 valence electrons. The number of nitrogens with zero attached hydrogens (tertiary/aromatic N) is 4. The Morgan fingerprint density at radius 1 is 1.11 bits per heavy atom. The fraction of sp³-hybridized carbons (Fsp3) is 0.393. The van der Waals surface area contributed by atoms with Crippen molar-refractivity contribution in [1.82, 2.24) is 20.1 Å². The molecule has 4 amide bonds. The highest BCUT2D eigenvalue weighted by atomic mass is 32.1. The molecule has 5 rings (SSSR count). The molecule has 3 aromatic rings. The van der Waals surface area contributed by atoms with Crippen LogP contribution in [-0.4, -0.2) is 86.5 Å². The second kappa shape index (κ2) is 12.0. The molecule has 1 aromatic heterocycles. The molecular weight excluding hydrogens is 619 g/mol. The number of amides is 4. The molecule has 3 atom stereocenters. The van der Waals surface area contributed by atoms with Crippen LogP contribution in [0.5, 0.6) is 0 Å². The predicted molar refractivity (Wildman–Crippen MR) is 157 cm³/mol. The molecule has 0 unspecified atom stereocenters. The van der Waals surface area contributed by atoms with E-state index in [4.69, 9.17) is 9.79 Å². The highest BCUT2D eigenvalue weighted by Crippen LogP contribution is 2.59. The van der Waals surface area contributed by atoms with Crippen molar-refractivity contribution in [3.63, 3.8) is 0 Å². The molecule has 0 saturated carbocycles. The Bertz CT molecular complexity index is 1670. The third-order valence-corrected chi connectivity index (χ3v) is 10.0. The summed E-state index contributed by atoms with van der Waals surface area (Å²) in [5.74, 6) is -1.91. The van der Waals surface area contributed by atoms with Crippen LogP contribution in [0.25, 0.3) is 10.2 Å². The number of hydrogen-bond acceptors (Lipinski definition) is 7. The lowest BCUT2D eigenvalue weighted by molar-refractivity contribution is -0.144. The van der Waals surface area contributed by atoms with Crippen molar-refractivity contribution in [2.75, 3.05) is 25.0 Å². The van der Waals surface area contributed by atoms with Crippen LogP contribution in [0, 0.1) is 0 Å². The van der Waals surface area contributed by atoms with Crippen molar-refractivity contribution in [2.24, 2.45) is 0 Å². The summed E-state index contributed by atoms with van der Waals surface area (Å²) >= 11 is 0.837. The smallest absolute Gasteiger partial charge is 0.340 e. The van der Waals surface area contributed by atoms with Crippen molar-refractivity contribution in [3.05, 3.63) is 59.1 Å². The minimum atomic E-state index is -5.82. The number of para-hydroxylation sites is 1. The van der Waals surface area contributed by atoms with E-state index < -0.39 is 42.7 Å². The second-order valence-corrected chi connectivity index (χ2v) is 13.5. The highest BCUT2D eigenvalue weighted by Gasteiger charge is 2.50. The zero-order valence-corrected chi connectivity index (χ0v) is 25.4. The molecular formula is C28H30F2N5O7PS. The summed E-state index contributed by atoms with van der Waals surface area (Å²) < 4.78 is 40.1. The Hall–Kier alpha value is -3.78. The quantitative estimate of drug-likeness (QED) is 0.344. The SMILES string of the molecule is CC(=O)N1CC[C@H]2CC[C@@H](C(=O)N(C)c3ccccc3)N2C(=O)[C@@H](NC(=O)c2nc3cc(C(F)(F)P(=O)(O)O)ccc3s2)C1. The number of carbonyl (C=O) groups excluding carboxylic acids is 4. The fourth-order valence-corrected chi connectivity index (χ4v) is 6.94. The lowest BCUT2D eigenvalue weighted by atomic mass is 10.1. The van der Waals surface area contributed by atoms with Crippen molar-refractivity contribution in [3.8, 4) is 0 Å². The molecule has 2 aliphatic rings. The maximum Gasteiger partial charge on any atom is 0.399 e. The van der Waals surface area contributed by atoms with Crippen molar-refractivity contribution >= 4 is 58.5 Å². The minimum Gasteiger partial charge on any atom is -0.340 e. The Morgan fingerprint density at radius 2 is 1.82 bits per heavy atom. The standard InChI is InChI=1S/C28H30F2N5O7PS/c1-16(36)34-13-12-19-9-10-22(27(39)33(2)18-6-4-3-5-7-18)35(19)26(38)21(15-34)31-24(37)25-32-20-14-17(8-11-23(20)44-25)28(29,30)43(40,41)42/h3-8,11,14,19,21-22H,9-10,12-13,15H2,1-2H3,(H,31,37)(H2,40,41,42)/t19-,21+,22+/m1/s1. The maximum atomic E-state index is 14.3. The van der Waals surface area contributed by atoms with Gasteiger partial charge in [-0.1, -0.05) is 24.3 Å². The lowest BCUT2D eigenvalue weighted by Crippen LogP contribution is -2.61. The molecule has 2 aliphatic heterocycles. The van der Waals surface area contributed by atoms with Gasteiger partial charge in [-0.05, 0) is 43.5 Å². The number of hydrogen-bond donors (Lipinski definition) is 3. The van der Waals surface area contributed by atoms with Gasteiger partial charge >= 0.3 is 13.3 Å². The molecule has 0 radical (unpaired) electrons. The first kappa shape index (κ1) is 31.6. The predicted octanol–water partition coefficient (Wildman–Crippen LogP) is 2.90. The van der Waals surface area contributed by atoms with Crippen LogP contribution in [0.3, 0.4) is 0 Å². The Labute approximate surface area is 254 Å². The van der Waals surface area contributed by atoms with Crippen LogP contribution in [0.4, 0.5) is 14.5 Å². The first-order chi connectivity index (χ1) is 20.7. The molecule has 0 bridgehead atoms. The number of likely N-dealkylation sites (N-methyl/N-ethyl adjacent to an activating group) is 1. The second-order valence-electron chi connectivity index (χ2n) is 10.8. The van der Waals surface area contributed by atoms with Crippen LogP contribution in [0.2, 0.25) is 0 Å². The number of aromatic nitrogens is 1. The van der Waals surface area contributed by atoms with Gasteiger partial charge in [-0.3, -0.25) is 23.7 Å². The van der Waals surface area contributed by atoms with Gasteiger partial charge in [-0.25, -0.2) is 4.98 Å². The van der Waals surface area contributed by atoms with E-state index >= 15 is 0 Å². The summed E-state index contributed by atoms with van der Waals surface area (Å²) in [6, 6.07) is 9.46. The number of nitrogens with one attached hydrogen (secondary N) is 1. The highest BCUT2D eigenvalue weighted by molar-refractivity contribution is 7.52. The molecule has 2 fully saturated rings. The van der Waals surface area contributed by atoms with Gasteiger partial charge in [0, 0.05) is 44.4 Å². The van der Waals surface area contributed by atoms with Gasteiger partial charge in [0.05, 0.1) is 10.2 Å². The van der Waals surface area contributed by atoms with E-state index in [9.17, 15) is 32.5 Å². The summed E-state index contributed by atoms with van der Waals surface area (Å²) in [6.07, 6.45) is 1.41. The van der Waals surface area contributed by atoms with Crippen molar-refractivity contribution < 1.29 is 42.3 Å². The summed E-state index contributed by atoms with van der Waals surface area (Å²) in [5.41, 5.74) is -4.84. The van der Waals surface area contributed by atoms with E-state index in [1.54, 1.807) is 31.3 Å². The topological polar surface area (TPSA) is 160 Å². The van der Waals surface area contributed by atoms with Gasteiger partial charge in [0.2, 0.25) is 17.7 Å². The Morgan fingerprint density at radius 3 is 2.48 bits per heavy atom. The van der Waals surface area contributed by atoms with E-state index in [1.807, 2.05) is 6.07 Å². The summed E-state index contributed by atoms with van der Waals surface area (Å²) in [7, 11) is -4.19. The number of halogens is 2. The van der Waals surface area contributed by atoms with E-state index in [-0.39, 0.29) is 34.9 Å². The first-order valence-electron chi connectivity index (χ1n) is 13.7. The number of benzene rings is 2. The first-order valence-corrected chi connectivity index (χ1v) is 16.2. The number of rotatable bonds is 6. The summed E-state index contributed by atoms with van der Waals surface area (Å²) in [6.45, 7) is 1.52. The number of carbonyl (C=O) groups is 4. The van der Waals surface area contributed by atoms with Gasteiger partial charge in [0.25, 0.3) is 5.91 Å². The van der Waals surface area contributed by atoms with Crippen LogP contribution in [0.15, 0.2) is 48.5 Å². The zero-order chi connectivity index (χ0) is 32.0. The summed E-state index contributed by atoms with van der Waals surface area (Å²) in [4.78, 5) is 80.1. The van der Waals surface area contributed by atoms with Gasteiger partial charge in [0.1, 0.15) is 12.1 Å². The number of thiazole rings is 1. The number of anilines is 1. The van der Waals surface area contributed by atoms with E-state index in [1.165, 1.54) is 27.7 Å². The van der Waals surface area contributed by atoms with Gasteiger partial charge < -0.3 is 29.8 Å². The van der Waals surface area contributed by atoms with Crippen LogP contribution in [0.1, 0.15) is 41.6 Å². The van der Waals surface area contributed by atoms with Crippen LogP contribution < -0.4 is 10.2 Å². The monoisotopic (exact) mass is 649 g/mol. The molecule has 3 N–H and O–H groups in total. The van der Waals surface area contributed by atoms with Gasteiger partial charge in [0.15, 0.2) is 5.01 Å². The minimum absolute atomic E-state index is 0.0886. The average molecular weight is 650 g/mol. The molecule has 12 nitrogen and oxygen atoms in total. The molecule has 2 aromatic carbocycles. The maximum absolute atomic E-state index is 14.3. The van der Waals surface area contributed by atoms with E-state index in [0.29, 0.717) is 36.2 Å². The Kier molecular flexibility index (Phi) is 8.60. The van der Waals surface area contributed by atoms with Gasteiger partial charge in [-0.2, -0.15) is 8.78 Å². The van der Waals surface area contributed by atoms with Crippen LogP contribution in [-0.2, 0) is 24.6 Å². The third-order valence-electron chi connectivity index (χ3n) is 8.00. The lowest BCUT2D eigenvalue weighted by Gasteiger charge is -2.39. The summed E-state index contributed by atoms with van der Waals surface area (Å²) in [5, 5.41) is 2.44. The molecule has 0 aliphatic carbocycles. The normalized spacial score (nSPS) is 21.0. The molecule has 16 heteroatoms. The van der Waals surface area contributed by atoms with E-state index in [2.05, 4.69) is 10.3 Å². The zero-order valence-electron chi connectivity index (χ0n) is 23.7. The average Bonchev–Trinajstić information content (AvgIpc) is 3.60. The van der Waals surface area contributed by atoms with Gasteiger partial charge in [-0.15, -0.1) is 11.3 Å². The largest absolute Gasteiger partial charge is 0.399 e. The fourth-order valence-electron chi connectivity index (χ4n) is 5.61. The Balaban J connectivity index is 1.41. The number of fused-ring (bicyclic) bond motifs is 2. The number of alkyl halides is 2. The van der Waals surface area contributed by atoms with Crippen LogP contribution >= 0.6 is 18.9 Å². The van der Waals surface area contributed by atoms with Crippen molar-refractivity contribution in [1.29, 1.82) is 0 Å². The molecule has 3 heterocycles. The molecule has 0 spiro atoms. The molecule has 44 heavy (non-hydrogen) atoms. The van der Waals surface area contributed by atoms with Crippen molar-refractivity contribution in [2.45, 2.75) is 50.0 Å². The molecule has 2 saturated heterocycles. The van der Waals surface area contributed by atoms with E-state index in [0.717, 1.165) is 23.5 Å².